The molecule has 0 spiro atoms. The van der Waals surface area contributed by atoms with E-state index in [1.165, 1.54) is 0 Å². The average Bonchev–Trinajstić information content (AvgIpc) is 3.10. The quantitative estimate of drug-likeness (QED) is 0.609. The molecule has 27 heavy (non-hydrogen) atoms. The summed E-state index contributed by atoms with van der Waals surface area (Å²) in [5.41, 5.74) is 1.22. The number of benzene rings is 2. The maximum atomic E-state index is 12.2. The Morgan fingerprint density at radius 2 is 1.85 bits per heavy atom. The summed E-state index contributed by atoms with van der Waals surface area (Å²) in [4.78, 5) is 12.2. The molecule has 140 valence electrons. The predicted octanol–water partition coefficient (Wildman–Crippen LogP) is 3.06. The molecule has 0 radical (unpaired) electrons. The van der Waals surface area contributed by atoms with E-state index < -0.39 is 15.9 Å². The first-order valence-corrected chi connectivity index (χ1v) is 10.7. The van der Waals surface area contributed by atoms with Crippen molar-refractivity contribution in [2.75, 3.05) is 5.32 Å². The van der Waals surface area contributed by atoms with Gasteiger partial charge >= 0.3 is 0 Å². The Kier molecular flexibility index (Phi) is 6.17. The van der Waals surface area contributed by atoms with Gasteiger partial charge in [0.1, 0.15) is 5.01 Å². The number of nitrogens with one attached hydrogen (secondary N) is 2. The van der Waals surface area contributed by atoms with Gasteiger partial charge in [-0.15, -0.1) is 10.2 Å². The molecule has 0 bridgehead atoms. The number of aromatic nitrogens is 2. The fourth-order valence-electron chi connectivity index (χ4n) is 2.18. The number of amides is 1. The zero-order chi connectivity index (χ0) is 19.3. The molecular formula is C17H15ClN4O3S2. The molecule has 0 saturated heterocycles. The largest absolute Gasteiger partial charge is 0.320 e. The number of nitrogens with zero attached hydrogens (tertiary/aromatic N) is 2. The molecule has 0 aliphatic heterocycles. The van der Waals surface area contributed by atoms with E-state index in [-0.39, 0.29) is 17.3 Å². The Hall–Kier alpha value is -2.33. The second kappa shape index (κ2) is 8.57. The van der Waals surface area contributed by atoms with E-state index in [1.807, 2.05) is 6.07 Å². The van der Waals surface area contributed by atoms with Crippen molar-refractivity contribution in [2.45, 2.75) is 12.3 Å². The van der Waals surface area contributed by atoms with Crippen molar-refractivity contribution < 1.29 is 13.2 Å². The number of halogens is 1. The van der Waals surface area contributed by atoms with Crippen LogP contribution in [0.3, 0.4) is 0 Å². The minimum Gasteiger partial charge on any atom is -0.320 e. The molecule has 0 saturated carbocycles. The molecule has 10 heteroatoms. The molecule has 1 amide bonds. The number of hydrogen-bond donors (Lipinski definition) is 2. The minimum absolute atomic E-state index is 0.0305. The van der Waals surface area contributed by atoms with Gasteiger partial charge in [0.15, 0.2) is 0 Å². The molecule has 2 aromatic carbocycles. The maximum absolute atomic E-state index is 12.2. The van der Waals surface area contributed by atoms with Gasteiger partial charge in [0.05, 0.1) is 12.3 Å². The second-order valence-corrected chi connectivity index (χ2v) is 8.84. The van der Waals surface area contributed by atoms with Crippen LogP contribution >= 0.6 is 22.9 Å². The molecule has 3 aromatic rings. The van der Waals surface area contributed by atoms with E-state index in [0.29, 0.717) is 21.3 Å². The number of hydrogen-bond acceptors (Lipinski definition) is 6. The van der Waals surface area contributed by atoms with Crippen molar-refractivity contribution >= 4 is 44.6 Å². The average molecular weight is 423 g/mol. The highest BCUT2D eigenvalue weighted by Gasteiger charge is 2.16. The first-order chi connectivity index (χ1) is 12.9. The van der Waals surface area contributed by atoms with Crippen LogP contribution in [-0.4, -0.2) is 24.5 Å². The van der Waals surface area contributed by atoms with E-state index >= 15 is 0 Å². The summed E-state index contributed by atoms with van der Waals surface area (Å²) >= 11 is 6.90. The molecule has 0 atom stereocenters. The van der Waals surface area contributed by atoms with E-state index in [2.05, 4.69) is 20.2 Å². The highest BCUT2D eigenvalue weighted by atomic mass is 35.5. The summed E-state index contributed by atoms with van der Waals surface area (Å²) in [6.07, 6.45) is 0. The van der Waals surface area contributed by atoms with Crippen molar-refractivity contribution in [3.8, 4) is 0 Å². The van der Waals surface area contributed by atoms with Gasteiger partial charge in [-0.05, 0) is 23.8 Å². The Morgan fingerprint density at radius 1 is 1.07 bits per heavy atom. The third-order valence-electron chi connectivity index (χ3n) is 3.39. The van der Waals surface area contributed by atoms with Crippen LogP contribution in [-0.2, 0) is 22.3 Å². The van der Waals surface area contributed by atoms with Gasteiger partial charge in [0.25, 0.3) is 5.91 Å². The Bertz CT molecular complexity index is 1040. The van der Waals surface area contributed by atoms with Gasteiger partial charge in [0.2, 0.25) is 15.0 Å². The van der Waals surface area contributed by atoms with E-state index in [1.54, 1.807) is 48.5 Å². The highest BCUT2D eigenvalue weighted by Crippen LogP contribution is 2.17. The smallest absolute Gasteiger partial charge is 0.286 e. The van der Waals surface area contributed by atoms with Crippen molar-refractivity contribution in [3.63, 3.8) is 0 Å². The van der Waals surface area contributed by atoms with Crippen molar-refractivity contribution in [3.05, 3.63) is 75.2 Å². The van der Waals surface area contributed by atoms with Gasteiger partial charge < -0.3 is 5.32 Å². The number of sulfonamides is 1. The Labute approximate surface area is 165 Å². The lowest BCUT2D eigenvalue weighted by molar-refractivity contribution is 0.102. The zero-order valence-corrected chi connectivity index (χ0v) is 16.3. The molecule has 0 fully saturated rings. The summed E-state index contributed by atoms with van der Waals surface area (Å²) < 4.78 is 26.7. The van der Waals surface area contributed by atoms with Gasteiger partial charge in [-0.1, -0.05) is 59.3 Å². The van der Waals surface area contributed by atoms with Crippen molar-refractivity contribution in [1.82, 2.24) is 14.9 Å². The number of rotatable bonds is 7. The second-order valence-electron chi connectivity index (χ2n) is 5.53. The zero-order valence-electron chi connectivity index (χ0n) is 13.9. The SMILES string of the molecule is O=C(Nc1cccc(Cl)c1)c1nnc(CNS(=O)(=O)Cc2ccccc2)s1. The first-order valence-electron chi connectivity index (χ1n) is 7.82. The van der Waals surface area contributed by atoms with Crippen LogP contribution in [0, 0.1) is 0 Å². The molecule has 3 rings (SSSR count). The van der Waals surface area contributed by atoms with E-state index in [4.69, 9.17) is 11.6 Å². The molecule has 7 nitrogen and oxygen atoms in total. The number of anilines is 1. The van der Waals surface area contributed by atoms with E-state index in [9.17, 15) is 13.2 Å². The summed E-state index contributed by atoms with van der Waals surface area (Å²) in [6.45, 7) is -0.0305. The molecule has 1 heterocycles. The predicted molar refractivity (Wildman–Crippen MR) is 105 cm³/mol. The van der Waals surface area contributed by atoms with Gasteiger partial charge in [-0.2, -0.15) is 0 Å². The highest BCUT2D eigenvalue weighted by molar-refractivity contribution is 7.88. The van der Waals surface area contributed by atoms with Crippen LogP contribution < -0.4 is 10.0 Å². The van der Waals surface area contributed by atoms with Crippen LogP contribution in [0.1, 0.15) is 20.4 Å². The normalized spacial score (nSPS) is 11.3. The maximum Gasteiger partial charge on any atom is 0.286 e. The molecular weight excluding hydrogens is 408 g/mol. The van der Waals surface area contributed by atoms with Crippen LogP contribution in [0.25, 0.3) is 0 Å². The van der Waals surface area contributed by atoms with Crippen LogP contribution in [0.15, 0.2) is 54.6 Å². The fraction of sp³-hybridized carbons (Fsp3) is 0.118. The molecule has 1 aromatic heterocycles. The van der Waals surface area contributed by atoms with Gasteiger partial charge in [0, 0.05) is 10.7 Å². The van der Waals surface area contributed by atoms with E-state index in [0.717, 1.165) is 11.3 Å². The topological polar surface area (TPSA) is 101 Å². The summed E-state index contributed by atoms with van der Waals surface area (Å²) in [5.74, 6) is -0.567. The van der Waals surface area contributed by atoms with Crippen LogP contribution in [0.4, 0.5) is 5.69 Å². The Balaban J connectivity index is 1.58. The van der Waals surface area contributed by atoms with Gasteiger partial charge in [-0.3, -0.25) is 4.79 Å². The molecule has 0 aliphatic rings. The number of carbonyl (C=O) groups is 1. The lowest BCUT2D eigenvalue weighted by atomic mass is 10.2. The minimum atomic E-state index is -3.52. The van der Waals surface area contributed by atoms with Crippen LogP contribution in [0.5, 0.6) is 0 Å². The third kappa shape index (κ3) is 5.83. The van der Waals surface area contributed by atoms with Crippen LogP contribution in [0.2, 0.25) is 5.02 Å². The first kappa shape index (κ1) is 19.4. The lowest BCUT2D eigenvalue weighted by Crippen LogP contribution is -2.24. The summed E-state index contributed by atoms with van der Waals surface area (Å²) in [5, 5.41) is 11.4. The summed E-state index contributed by atoms with van der Waals surface area (Å²) in [7, 11) is -3.52. The summed E-state index contributed by atoms with van der Waals surface area (Å²) in [6, 6.07) is 15.6. The third-order valence-corrected chi connectivity index (χ3v) is 5.84. The number of carbonyl (C=O) groups excluding carboxylic acids is 1. The lowest BCUT2D eigenvalue weighted by Gasteiger charge is -2.04. The van der Waals surface area contributed by atoms with Crippen molar-refractivity contribution in [1.29, 1.82) is 0 Å². The molecule has 0 aliphatic carbocycles. The standard InChI is InChI=1S/C17H15ClN4O3S2/c18-13-7-4-8-14(9-13)20-16(23)17-22-21-15(26-17)10-19-27(24,25)11-12-5-2-1-3-6-12/h1-9,19H,10-11H2,(H,20,23). The van der Waals surface area contributed by atoms with Gasteiger partial charge in [-0.25, -0.2) is 13.1 Å². The molecule has 0 unspecified atom stereocenters. The Morgan fingerprint density at radius 3 is 2.59 bits per heavy atom. The molecule has 2 N–H and O–H groups in total. The monoisotopic (exact) mass is 422 g/mol. The van der Waals surface area contributed by atoms with Crippen molar-refractivity contribution in [2.24, 2.45) is 0 Å². The fourth-order valence-corrected chi connectivity index (χ4v) is 4.23.